The molecule has 10 heteroatoms. The molecule has 1 aromatic heterocycles. The summed E-state index contributed by atoms with van der Waals surface area (Å²) in [5.74, 6) is 1.13. The summed E-state index contributed by atoms with van der Waals surface area (Å²) in [6.45, 7) is 3.87. The average molecular weight is 508 g/mol. The Kier molecular flexibility index (Phi) is 6.40. The van der Waals surface area contributed by atoms with E-state index in [0.29, 0.717) is 60.5 Å². The number of amides is 2. The predicted octanol–water partition coefficient (Wildman–Crippen LogP) is 3.58. The lowest BCUT2D eigenvalue weighted by Crippen LogP contribution is -2.44. The molecule has 188 valence electrons. The minimum Gasteiger partial charge on any atom is -0.377 e. The number of ether oxygens (including phenoxy) is 1. The largest absolute Gasteiger partial charge is 0.377 e. The molecule has 2 aliphatic rings. The number of aromatic nitrogens is 2. The van der Waals surface area contributed by atoms with Crippen LogP contribution in [0.4, 0.5) is 16.3 Å². The molecule has 9 nitrogen and oxygen atoms in total. The van der Waals surface area contributed by atoms with Gasteiger partial charge in [-0.15, -0.1) is 0 Å². The number of carbonyl (C=O) groups is 1. The summed E-state index contributed by atoms with van der Waals surface area (Å²) < 4.78 is 32.0. The Bertz CT molecular complexity index is 1360. The second-order valence-corrected chi connectivity index (χ2v) is 11.4. The summed E-state index contributed by atoms with van der Waals surface area (Å²) in [5, 5.41) is 5.25. The SMILES string of the molecule is CNC(=O)Nc1ccc(-c2nc(N3CCOC[C@@H]3C)cc(C3(S(=O)(=O)c4ccccc4)CC3)n2)cc1. The van der Waals surface area contributed by atoms with Crippen LogP contribution >= 0.6 is 0 Å². The lowest BCUT2D eigenvalue weighted by molar-refractivity contribution is 0.0985. The second kappa shape index (κ2) is 9.51. The van der Waals surface area contributed by atoms with Gasteiger partial charge in [-0.05, 0) is 56.2 Å². The number of hydrogen-bond acceptors (Lipinski definition) is 7. The molecule has 1 aliphatic carbocycles. The van der Waals surface area contributed by atoms with Gasteiger partial charge < -0.3 is 20.3 Å². The number of nitrogens with one attached hydrogen (secondary N) is 2. The zero-order valence-corrected chi connectivity index (χ0v) is 21.1. The molecule has 3 aromatic rings. The summed E-state index contributed by atoms with van der Waals surface area (Å²) in [7, 11) is -2.10. The Morgan fingerprint density at radius 2 is 1.81 bits per heavy atom. The summed E-state index contributed by atoms with van der Waals surface area (Å²) in [5.41, 5.74) is 1.87. The molecule has 1 aliphatic heterocycles. The second-order valence-electron chi connectivity index (χ2n) is 9.14. The van der Waals surface area contributed by atoms with Gasteiger partial charge in [-0.25, -0.2) is 23.2 Å². The van der Waals surface area contributed by atoms with Crippen LogP contribution in [0.25, 0.3) is 11.4 Å². The van der Waals surface area contributed by atoms with E-state index in [1.807, 2.05) is 24.3 Å². The molecule has 2 amide bonds. The van der Waals surface area contributed by atoms with Crippen LogP contribution in [0.15, 0.2) is 65.6 Å². The van der Waals surface area contributed by atoms with E-state index in [1.165, 1.54) is 0 Å². The lowest BCUT2D eigenvalue weighted by Gasteiger charge is -2.34. The monoisotopic (exact) mass is 507 g/mol. The Morgan fingerprint density at radius 1 is 1.08 bits per heavy atom. The number of anilines is 2. The third-order valence-corrected chi connectivity index (χ3v) is 9.28. The lowest BCUT2D eigenvalue weighted by atomic mass is 10.1. The molecule has 2 heterocycles. The zero-order valence-electron chi connectivity index (χ0n) is 20.3. The molecule has 1 atom stereocenters. The first kappa shape index (κ1) is 24.2. The summed E-state index contributed by atoms with van der Waals surface area (Å²) >= 11 is 0. The number of benzene rings is 2. The van der Waals surface area contributed by atoms with E-state index in [9.17, 15) is 13.2 Å². The van der Waals surface area contributed by atoms with Gasteiger partial charge in [0.05, 0.1) is 29.8 Å². The minimum absolute atomic E-state index is 0.0920. The number of nitrogens with zero attached hydrogens (tertiary/aromatic N) is 3. The van der Waals surface area contributed by atoms with Crippen LogP contribution < -0.4 is 15.5 Å². The molecule has 2 aromatic carbocycles. The minimum atomic E-state index is -3.65. The van der Waals surface area contributed by atoms with Crippen molar-refractivity contribution in [1.82, 2.24) is 15.3 Å². The maximum absolute atomic E-state index is 13.8. The molecule has 5 rings (SSSR count). The van der Waals surface area contributed by atoms with Crippen molar-refractivity contribution >= 4 is 27.4 Å². The normalized spacial score (nSPS) is 18.9. The number of rotatable bonds is 6. The molecule has 0 spiro atoms. The highest BCUT2D eigenvalue weighted by molar-refractivity contribution is 7.92. The summed E-state index contributed by atoms with van der Waals surface area (Å²) in [6, 6.07) is 17.4. The smallest absolute Gasteiger partial charge is 0.318 e. The quantitative estimate of drug-likeness (QED) is 0.524. The maximum Gasteiger partial charge on any atom is 0.318 e. The van der Waals surface area contributed by atoms with Crippen molar-refractivity contribution in [2.24, 2.45) is 0 Å². The predicted molar refractivity (Wildman–Crippen MR) is 138 cm³/mol. The van der Waals surface area contributed by atoms with Crippen molar-refractivity contribution < 1.29 is 17.9 Å². The van der Waals surface area contributed by atoms with E-state index >= 15 is 0 Å². The van der Waals surface area contributed by atoms with Crippen molar-refractivity contribution in [3.8, 4) is 11.4 Å². The summed E-state index contributed by atoms with van der Waals surface area (Å²) in [6.07, 6.45) is 1.02. The number of carbonyl (C=O) groups excluding carboxylic acids is 1. The number of urea groups is 1. The van der Waals surface area contributed by atoms with E-state index in [4.69, 9.17) is 14.7 Å². The Balaban J connectivity index is 1.59. The van der Waals surface area contributed by atoms with Gasteiger partial charge in [0.25, 0.3) is 0 Å². The molecule has 1 saturated carbocycles. The molecule has 36 heavy (non-hydrogen) atoms. The van der Waals surface area contributed by atoms with Crippen molar-refractivity contribution in [1.29, 1.82) is 0 Å². The van der Waals surface area contributed by atoms with E-state index in [1.54, 1.807) is 43.4 Å². The van der Waals surface area contributed by atoms with E-state index in [-0.39, 0.29) is 12.1 Å². The zero-order chi connectivity index (χ0) is 25.3. The van der Waals surface area contributed by atoms with Crippen molar-refractivity contribution in [2.75, 3.05) is 37.0 Å². The number of morpholine rings is 1. The van der Waals surface area contributed by atoms with Gasteiger partial charge in [-0.3, -0.25) is 0 Å². The van der Waals surface area contributed by atoms with Gasteiger partial charge in [0.15, 0.2) is 15.7 Å². The standard InChI is InChI=1S/C26H29N5O4S/c1-18-17-35-15-14-31(18)23-16-22(26(12-13-26)36(33,34)21-6-4-3-5-7-21)29-24(30-23)19-8-10-20(11-9-19)28-25(32)27-2/h3-11,16,18H,12-15,17H2,1-2H3,(H2,27,28,32)/t18-/m0/s1. The first-order valence-electron chi connectivity index (χ1n) is 12.0. The van der Waals surface area contributed by atoms with Crippen LogP contribution in [0.1, 0.15) is 25.5 Å². The number of sulfone groups is 1. The molecule has 0 unspecified atom stereocenters. The van der Waals surface area contributed by atoms with Crippen LogP contribution in [0.2, 0.25) is 0 Å². The van der Waals surface area contributed by atoms with Gasteiger partial charge in [0.2, 0.25) is 0 Å². The third kappa shape index (κ3) is 4.42. The van der Waals surface area contributed by atoms with E-state index in [2.05, 4.69) is 22.5 Å². The topological polar surface area (TPSA) is 114 Å². The fourth-order valence-electron chi connectivity index (χ4n) is 4.51. The van der Waals surface area contributed by atoms with Gasteiger partial charge in [-0.1, -0.05) is 18.2 Å². The Labute approximate surface area is 210 Å². The van der Waals surface area contributed by atoms with Crippen molar-refractivity contribution in [3.63, 3.8) is 0 Å². The van der Waals surface area contributed by atoms with Crippen LogP contribution in [0, 0.1) is 0 Å². The van der Waals surface area contributed by atoms with E-state index < -0.39 is 14.6 Å². The molecule has 0 bridgehead atoms. The molecule has 2 N–H and O–H groups in total. The number of hydrogen-bond donors (Lipinski definition) is 2. The first-order chi connectivity index (χ1) is 17.3. The van der Waals surface area contributed by atoms with E-state index in [0.717, 1.165) is 5.56 Å². The van der Waals surface area contributed by atoms with Crippen LogP contribution in [-0.2, 0) is 19.3 Å². The molecular formula is C26H29N5O4S. The summed E-state index contributed by atoms with van der Waals surface area (Å²) in [4.78, 5) is 23.7. The van der Waals surface area contributed by atoms with Crippen LogP contribution in [-0.4, -0.2) is 57.3 Å². The fraction of sp³-hybridized carbons (Fsp3) is 0.346. The first-order valence-corrected chi connectivity index (χ1v) is 13.5. The maximum atomic E-state index is 13.8. The molecule has 1 saturated heterocycles. The molecule has 2 fully saturated rings. The highest BCUT2D eigenvalue weighted by atomic mass is 32.2. The van der Waals surface area contributed by atoms with Gasteiger partial charge >= 0.3 is 6.03 Å². The Morgan fingerprint density at radius 3 is 2.44 bits per heavy atom. The van der Waals surface area contributed by atoms with Crippen molar-refractivity contribution in [2.45, 2.75) is 35.4 Å². The fourth-order valence-corrected chi connectivity index (χ4v) is 6.50. The van der Waals surface area contributed by atoms with Crippen LogP contribution in [0.5, 0.6) is 0 Å². The third-order valence-electron chi connectivity index (χ3n) is 6.74. The van der Waals surface area contributed by atoms with Gasteiger partial charge in [-0.2, -0.15) is 0 Å². The van der Waals surface area contributed by atoms with Gasteiger partial charge in [0, 0.05) is 30.9 Å². The van der Waals surface area contributed by atoms with Crippen LogP contribution in [0.3, 0.4) is 0 Å². The van der Waals surface area contributed by atoms with Gasteiger partial charge in [0.1, 0.15) is 10.6 Å². The highest BCUT2D eigenvalue weighted by Gasteiger charge is 2.58. The average Bonchev–Trinajstić information content (AvgIpc) is 3.72. The highest BCUT2D eigenvalue weighted by Crippen LogP contribution is 2.55. The Hall–Kier alpha value is -3.50. The molecular weight excluding hydrogens is 478 g/mol. The molecule has 0 radical (unpaired) electrons. The van der Waals surface area contributed by atoms with Crippen molar-refractivity contribution in [3.05, 3.63) is 66.4 Å².